The molecule has 34 heavy (non-hydrogen) atoms. The number of nitrogens with zero attached hydrogens (tertiary/aromatic N) is 1. The highest BCUT2D eigenvalue weighted by Gasteiger charge is 2.40. The first-order valence-corrected chi connectivity index (χ1v) is 11.1. The van der Waals surface area contributed by atoms with Gasteiger partial charge in [0.1, 0.15) is 12.7 Å². The summed E-state index contributed by atoms with van der Waals surface area (Å²) in [6.07, 6.45) is 0.878. The first-order valence-electron chi connectivity index (χ1n) is 11.1. The van der Waals surface area contributed by atoms with Gasteiger partial charge in [-0.05, 0) is 36.6 Å². The van der Waals surface area contributed by atoms with Gasteiger partial charge in [-0.3, -0.25) is 4.79 Å². The lowest BCUT2D eigenvalue weighted by molar-refractivity contribution is -0.135. The fraction of sp³-hybridized carbons (Fsp3) is 0.296. The number of imide groups is 1. The number of esters is 1. The van der Waals surface area contributed by atoms with Crippen molar-refractivity contribution in [2.24, 2.45) is 5.92 Å². The number of hydrogen-bond donors (Lipinski definition) is 1. The Morgan fingerprint density at radius 2 is 1.76 bits per heavy atom. The molecule has 1 aliphatic heterocycles. The third-order valence-electron chi connectivity index (χ3n) is 5.74. The Labute approximate surface area is 199 Å². The molecule has 0 radical (unpaired) electrons. The van der Waals surface area contributed by atoms with Gasteiger partial charge in [-0.15, -0.1) is 0 Å². The van der Waals surface area contributed by atoms with E-state index in [2.05, 4.69) is 6.58 Å². The van der Waals surface area contributed by atoms with E-state index >= 15 is 0 Å². The van der Waals surface area contributed by atoms with Crippen LogP contribution in [-0.4, -0.2) is 52.8 Å². The Kier molecular flexibility index (Phi) is 8.38. The van der Waals surface area contributed by atoms with Crippen molar-refractivity contribution in [3.05, 3.63) is 96.1 Å². The molecule has 1 unspecified atom stereocenters. The van der Waals surface area contributed by atoms with Gasteiger partial charge in [0.05, 0.1) is 23.6 Å². The molecule has 7 nitrogen and oxygen atoms in total. The molecular weight excluding hydrogens is 434 g/mol. The van der Waals surface area contributed by atoms with Gasteiger partial charge in [-0.2, -0.15) is 0 Å². The smallest absolute Gasteiger partial charge is 0.416 e. The summed E-state index contributed by atoms with van der Waals surface area (Å²) in [5.74, 6) is -1.89. The predicted octanol–water partition coefficient (Wildman–Crippen LogP) is 3.93. The minimum Gasteiger partial charge on any atom is -0.454 e. The molecule has 7 heteroatoms. The molecular formula is C27H29NO6. The van der Waals surface area contributed by atoms with Crippen LogP contribution in [0.2, 0.25) is 0 Å². The van der Waals surface area contributed by atoms with Crippen LogP contribution in [0.25, 0.3) is 0 Å². The second-order valence-electron chi connectivity index (χ2n) is 8.26. The number of aliphatic hydroxyl groups excluding tert-OH is 1. The Balaban J connectivity index is 1.58. The van der Waals surface area contributed by atoms with Crippen LogP contribution in [0.4, 0.5) is 4.79 Å². The van der Waals surface area contributed by atoms with Crippen LogP contribution in [0.5, 0.6) is 0 Å². The molecule has 0 spiro atoms. The summed E-state index contributed by atoms with van der Waals surface area (Å²) in [5.41, 5.74) is 1.85. The molecule has 0 aromatic heterocycles. The van der Waals surface area contributed by atoms with E-state index in [0.29, 0.717) is 17.6 Å². The highest BCUT2D eigenvalue weighted by Crippen LogP contribution is 2.22. The third kappa shape index (κ3) is 6.20. The molecule has 0 bridgehead atoms. The lowest BCUT2D eigenvalue weighted by Crippen LogP contribution is -2.45. The maximum atomic E-state index is 13.0. The third-order valence-corrected chi connectivity index (χ3v) is 5.74. The van der Waals surface area contributed by atoms with Crippen LogP contribution >= 0.6 is 0 Å². The summed E-state index contributed by atoms with van der Waals surface area (Å²) >= 11 is 0. The van der Waals surface area contributed by atoms with Crippen LogP contribution in [0.3, 0.4) is 0 Å². The van der Waals surface area contributed by atoms with E-state index in [4.69, 9.17) is 9.47 Å². The first kappa shape index (κ1) is 24.9. The zero-order valence-corrected chi connectivity index (χ0v) is 19.3. The number of ether oxygens (including phenoxy) is 2. The van der Waals surface area contributed by atoms with Crippen molar-refractivity contribution in [1.82, 2.24) is 4.90 Å². The lowest BCUT2D eigenvalue weighted by atomic mass is 9.99. The molecule has 1 fully saturated rings. The molecule has 0 aliphatic carbocycles. The molecule has 2 amide bonds. The fourth-order valence-electron chi connectivity index (χ4n) is 3.54. The summed E-state index contributed by atoms with van der Waals surface area (Å²) in [4.78, 5) is 38.6. The second kappa shape index (κ2) is 11.4. The van der Waals surface area contributed by atoms with E-state index in [0.717, 1.165) is 10.5 Å². The van der Waals surface area contributed by atoms with Crippen LogP contribution in [0, 0.1) is 5.92 Å². The highest BCUT2D eigenvalue weighted by atomic mass is 16.6. The van der Waals surface area contributed by atoms with Crippen LogP contribution in [0.1, 0.15) is 29.8 Å². The van der Waals surface area contributed by atoms with Crippen molar-refractivity contribution in [3.63, 3.8) is 0 Å². The Hall–Kier alpha value is -3.71. The lowest BCUT2D eigenvalue weighted by Gasteiger charge is -2.24. The normalized spacial score (nSPS) is 18.3. The molecule has 2 aromatic rings. The van der Waals surface area contributed by atoms with Crippen molar-refractivity contribution in [1.29, 1.82) is 0 Å². The van der Waals surface area contributed by atoms with Crippen LogP contribution < -0.4 is 0 Å². The Bertz CT molecular complexity index is 1050. The molecule has 0 saturated carbocycles. The maximum Gasteiger partial charge on any atom is 0.416 e. The summed E-state index contributed by atoms with van der Waals surface area (Å²) in [6, 6.07) is 17.7. The van der Waals surface area contributed by atoms with Crippen molar-refractivity contribution in [3.8, 4) is 0 Å². The average Bonchev–Trinajstić information content (AvgIpc) is 3.21. The number of aliphatic hydroxyl groups is 1. The molecule has 1 heterocycles. The molecule has 1 saturated heterocycles. The number of cyclic esters (lactones) is 1. The zero-order valence-electron chi connectivity index (χ0n) is 19.3. The summed E-state index contributed by atoms with van der Waals surface area (Å²) < 4.78 is 10.5. The van der Waals surface area contributed by atoms with Gasteiger partial charge in [0.15, 0.2) is 0 Å². The quantitative estimate of drug-likeness (QED) is 0.447. The van der Waals surface area contributed by atoms with Crippen molar-refractivity contribution < 1.29 is 29.0 Å². The maximum absolute atomic E-state index is 13.0. The van der Waals surface area contributed by atoms with E-state index in [1.807, 2.05) is 30.3 Å². The number of amides is 2. The first-order chi connectivity index (χ1) is 16.3. The number of carbonyl (C=O) groups excluding carboxylic acids is 3. The number of carbonyl (C=O) groups is 3. The second-order valence-corrected chi connectivity index (χ2v) is 8.26. The van der Waals surface area contributed by atoms with E-state index < -0.39 is 42.1 Å². The molecule has 178 valence electrons. The van der Waals surface area contributed by atoms with Crippen molar-refractivity contribution in [2.75, 3.05) is 6.61 Å². The number of rotatable bonds is 9. The fourth-order valence-corrected chi connectivity index (χ4v) is 3.54. The number of hydrogen-bond acceptors (Lipinski definition) is 6. The monoisotopic (exact) mass is 463 g/mol. The molecule has 4 atom stereocenters. The van der Waals surface area contributed by atoms with Crippen molar-refractivity contribution >= 4 is 18.0 Å². The zero-order chi connectivity index (χ0) is 24.7. The largest absolute Gasteiger partial charge is 0.454 e. The van der Waals surface area contributed by atoms with Gasteiger partial charge >= 0.3 is 12.1 Å². The van der Waals surface area contributed by atoms with Gasteiger partial charge in [0.25, 0.3) is 0 Å². The van der Waals surface area contributed by atoms with E-state index in [9.17, 15) is 19.5 Å². The van der Waals surface area contributed by atoms with Gasteiger partial charge in [-0.25, -0.2) is 14.5 Å². The van der Waals surface area contributed by atoms with Gasteiger partial charge in [0.2, 0.25) is 5.91 Å². The minimum absolute atomic E-state index is 0.110. The predicted molar refractivity (Wildman–Crippen MR) is 127 cm³/mol. The molecule has 1 N–H and O–H groups in total. The number of benzene rings is 2. The SMILES string of the molecule is C=C(/C=C/[C@@H](O)[C@H](C)C(=O)N1C(=O)OC[C@@H]1Cc1ccccc1)C(C)OC(=O)c1ccccc1. The molecule has 2 aromatic carbocycles. The van der Waals surface area contributed by atoms with Crippen LogP contribution in [-0.2, 0) is 20.7 Å². The molecule has 1 aliphatic rings. The Morgan fingerprint density at radius 3 is 2.41 bits per heavy atom. The highest BCUT2D eigenvalue weighted by molar-refractivity contribution is 5.95. The van der Waals surface area contributed by atoms with Gasteiger partial charge in [-0.1, -0.05) is 74.2 Å². The molecule has 3 rings (SSSR count). The van der Waals surface area contributed by atoms with E-state index in [1.165, 1.54) is 12.2 Å². The summed E-state index contributed by atoms with van der Waals surface area (Å²) in [7, 11) is 0. The van der Waals surface area contributed by atoms with Crippen molar-refractivity contribution in [2.45, 2.75) is 38.5 Å². The Morgan fingerprint density at radius 1 is 1.15 bits per heavy atom. The standard InChI is InChI=1S/C27H29NO6/c1-18(20(3)34-26(31)22-12-8-5-9-13-22)14-15-24(29)19(2)25(30)28-23(17-33-27(28)32)16-21-10-6-4-7-11-21/h4-15,19-20,23-24,29H,1,16-17H2,2-3H3/b15-14+/t19-,20?,23-,24+/m0/s1. The summed E-state index contributed by atoms with van der Waals surface area (Å²) in [5, 5.41) is 10.6. The summed E-state index contributed by atoms with van der Waals surface area (Å²) in [6.45, 7) is 7.21. The van der Waals surface area contributed by atoms with Gasteiger partial charge in [0, 0.05) is 0 Å². The van der Waals surface area contributed by atoms with E-state index in [-0.39, 0.29) is 6.61 Å². The van der Waals surface area contributed by atoms with Crippen LogP contribution in [0.15, 0.2) is 85.0 Å². The van der Waals surface area contributed by atoms with Gasteiger partial charge < -0.3 is 14.6 Å². The average molecular weight is 464 g/mol. The topological polar surface area (TPSA) is 93.1 Å². The van der Waals surface area contributed by atoms with E-state index in [1.54, 1.807) is 44.2 Å². The minimum atomic E-state index is -1.17.